The third-order valence-electron chi connectivity index (χ3n) is 7.62. The fourth-order valence-electron chi connectivity index (χ4n) is 5.14. The molecule has 46 heavy (non-hydrogen) atoms. The summed E-state index contributed by atoms with van der Waals surface area (Å²) < 4.78 is 84.3. The molecule has 0 aliphatic carbocycles. The van der Waals surface area contributed by atoms with Crippen molar-refractivity contribution >= 4 is 44.9 Å². The second-order valence-corrected chi connectivity index (χ2v) is 12.9. The molecule has 0 bridgehead atoms. The molecule has 2 N–H and O–H groups in total. The monoisotopic (exact) mass is 672 g/mol. The molecule has 4 atom stereocenters. The molecule has 4 aromatic carbocycles. The fraction of sp³-hybridized carbons (Fsp3) is 0.212. The van der Waals surface area contributed by atoms with Gasteiger partial charge in [-0.1, -0.05) is 67.2 Å². The first kappa shape index (κ1) is 32.1. The van der Waals surface area contributed by atoms with Crippen LogP contribution < -0.4 is 5.32 Å². The Hall–Kier alpha value is -3.88. The SMILES string of the molecule is C[C@H]1[C@@H](CSc2nc3ccccc3s2)O[C@@H](c2cccc(NC(=O)c3c(F)c(F)c(F)c(F)c3F)c2)O[C@H]1c1ccc(CO)cc1. The minimum absolute atomic E-state index is 0.0153. The van der Waals surface area contributed by atoms with E-state index in [1.54, 1.807) is 41.3 Å². The van der Waals surface area contributed by atoms with Crippen LogP contribution in [-0.2, 0) is 16.1 Å². The number of carbonyl (C=O) groups is 1. The van der Waals surface area contributed by atoms with Crippen molar-refractivity contribution in [3.63, 3.8) is 0 Å². The number of anilines is 1. The van der Waals surface area contributed by atoms with Crippen LogP contribution in [0, 0.1) is 35.0 Å². The molecule has 6 nitrogen and oxygen atoms in total. The van der Waals surface area contributed by atoms with Crippen molar-refractivity contribution in [3.05, 3.63) is 124 Å². The molecule has 1 fully saturated rings. The number of hydrogen-bond donors (Lipinski definition) is 2. The highest BCUT2D eigenvalue weighted by Gasteiger charge is 2.39. The first-order chi connectivity index (χ1) is 22.1. The van der Waals surface area contributed by atoms with Gasteiger partial charge >= 0.3 is 0 Å². The summed E-state index contributed by atoms with van der Waals surface area (Å²) in [6, 6.07) is 21.2. The van der Waals surface area contributed by atoms with E-state index in [1.807, 2.05) is 43.3 Å². The molecule has 1 aliphatic heterocycles. The standard InChI is InChI=1S/C33H25F5N2O4S2/c1-16-22(15-45-33-40-21-7-2-3-8-23(21)46-33)43-32(44-30(16)18-11-9-17(14-41)10-12-18)19-5-4-6-20(13-19)39-31(42)24-25(34)27(36)29(38)28(37)26(24)35/h2-13,16,22,30,32,41H,14-15H2,1H3,(H,39,42)/t16-,22+,30+,32+/m0/s1. The van der Waals surface area contributed by atoms with E-state index in [9.17, 15) is 31.9 Å². The van der Waals surface area contributed by atoms with E-state index >= 15 is 0 Å². The maximum atomic E-state index is 14.3. The number of rotatable bonds is 8. The van der Waals surface area contributed by atoms with Crippen LogP contribution in [-0.4, -0.2) is 27.9 Å². The van der Waals surface area contributed by atoms with Crippen molar-refractivity contribution in [3.8, 4) is 0 Å². The lowest BCUT2D eigenvalue weighted by molar-refractivity contribution is -0.268. The minimum atomic E-state index is -2.36. The molecule has 0 saturated carbocycles. The van der Waals surface area contributed by atoms with E-state index in [0.29, 0.717) is 11.3 Å². The van der Waals surface area contributed by atoms with Crippen molar-refractivity contribution in [1.29, 1.82) is 0 Å². The highest BCUT2D eigenvalue weighted by molar-refractivity contribution is 8.01. The Morgan fingerprint density at radius 2 is 1.59 bits per heavy atom. The number of para-hydroxylation sites is 1. The van der Waals surface area contributed by atoms with Gasteiger partial charge in [0.15, 0.2) is 33.9 Å². The van der Waals surface area contributed by atoms with Crippen molar-refractivity contribution in [2.45, 2.75) is 36.4 Å². The van der Waals surface area contributed by atoms with Crippen molar-refractivity contribution < 1.29 is 41.3 Å². The number of nitrogens with zero attached hydrogens (tertiary/aromatic N) is 1. The third-order valence-corrected chi connectivity index (χ3v) is 9.89. The summed E-state index contributed by atoms with van der Waals surface area (Å²) in [5.74, 6) is -12.4. The van der Waals surface area contributed by atoms with Crippen LogP contribution in [0.1, 0.15) is 46.4 Å². The smallest absolute Gasteiger partial charge is 0.261 e. The predicted molar refractivity (Wildman–Crippen MR) is 164 cm³/mol. The third kappa shape index (κ3) is 6.38. The largest absolute Gasteiger partial charge is 0.392 e. The summed E-state index contributed by atoms with van der Waals surface area (Å²) in [5.41, 5.74) is 1.35. The average Bonchev–Trinajstić information content (AvgIpc) is 3.49. The van der Waals surface area contributed by atoms with E-state index in [0.717, 1.165) is 25.7 Å². The van der Waals surface area contributed by atoms with E-state index in [-0.39, 0.29) is 24.3 Å². The second kappa shape index (κ2) is 13.5. The van der Waals surface area contributed by atoms with Gasteiger partial charge in [0.05, 0.1) is 29.0 Å². The summed E-state index contributed by atoms with van der Waals surface area (Å²) in [5, 5.41) is 11.7. The lowest BCUT2D eigenvalue weighted by atomic mass is 9.91. The van der Waals surface area contributed by atoms with E-state index in [2.05, 4.69) is 5.32 Å². The summed E-state index contributed by atoms with van der Waals surface area (Å²) in [4.78, 5) is 17.4. The summed E-state index contributed by atoms with van der Waals surface area (Å²) in [7, 11) is 0. The quantitative estimate of drug-likeness (QED) is 0.0747. The summed E-state index contributed by atoms with van der Waals surface area (Å²) >= 11 is 3.13. The number of ether oxygens (including phenoxy) is 2. The first-order valence-corrected chi connectivity index (χ1v) is 15.9. The van der Waals surface area contributed by atoms with Gasteiger partial charge < -0.3 is 19.9 Å². The molecule has 238 valence electrons. The van der Waals surface area contributed by atoms with Crippen LogP contribution in [0.15, 0.2) is 77.1 Å². The number of thiazole rings is 1. The maximum absolute atomic E-state index is 14.3. The first-order valence-electron chi connectivity index (χ1n) is 14.1. The zero-order chi connectivity index (χ0) is 32.5. The van der Waals surface area contributed by atoms with Gasteiger partial charge in [-0.05, 0) is 35.4 Å². The van der Waals surface area contributed by atoms with Crippen molar-refractivity contribution in [2.75, 3.05) is 11.1 Å². The Balaban J connectivity index is 1.26. The number of halogens is 5. The molecule has 0 radical (unpaired) electrons. The minimum Gasteiger partial charge on any atom is -0.392 e. The molecule has 6 rings (SSSR count). The van der Waals surface area contributed by atoms with Crippen LogP contribution in [0.4, 0.5) is 27.6 Å². The second-order valence-electron chi connectivity index (χ2n) is 10.6. The van der Waals surface area contributed by atoms with Gasteiger partial charge in [0.25, 0.3) is 5.91 Å². The van der Waals surface area contributed by atoms with E-state index in [4.69, 9.17) is 14.5 Å². The summed E-state index contributed by atoms with van der Waals surface area (Å²) in [6.07, 6.45) is -1.74. The van der Waals surface area contributed by atoms with Gasteiger partial charge in [-0.25, -0.2) is 26.9 Å². The van der Waals surface area contributed by atoms with Gasteiger partial charge in [-0.15, -0.1) is 11.3 Å². The van der Waals surface area contributed by atoms with E-state index in [1.165, 1.54) is 18.2 Å². The number of thioether (sulfide) groups is 1. The van der Waals surface area contributed by atoms with Crippen molar-refractivity contribution in [1.82, 2.24) is 4.98 Å². The van der Waals surface area contributed by atoms with Crippen LogP contribution in [0.25, 0.3) is 10.2 Å². The lowest BCUT2D eigenvalue weighted by Crippen LogP contribution is -2.38. The Bertz CT molecular complexity index is 1840. The van der Waals surface area contributed by atoms with Crippen molar-refractivity contribution in [2.24, 2.45) is 5.92 Å². The topological polar surface area (TPSA) is 80.7 Å². The number of aromatic nitrogens is 1. The van der Waals surface area contributed by atoms with Crippen LogP contribution in [0.3, 0.4) is 0 Å². The zero-order valence-corrected chi connectivity index (χ0v) is 25.6. The highest BCUT2D eigenvalue weighted by atomic mass is 32.2. The number of amides is 1. The van der Waals surface area contributed by atoms with Crippen LogP contribution in [0.5, 0.6) is 0 Å². The normalized spacial score (nSPS) is 19.8. The van der Waals surface area contributed by atoms with Gasteiger partial charge in [0.1, 0.15) is 5.56 Å². The molecule has 1 amide bonds. The predicted octanol–water partition coefficient (Wildman–Crippen LogP) is 8.32. The molecule has 0 spiro atoms. The average molecular weight is 673 g/mol. The van der Waals surface area contributed by atoms with E-state index < -0.39 is 53.0 Å². The van der Waals surface area contributed by atoms with Gasteiger partial charge in [0.2, 0.25) is 5.82 Å². The lowest BCUT2D eigenvalue weighted by Gasteiger charge is -2.41. The maximum Gasteiger partial charge on any atom is 0.261 e. The number of carbonyl (C=O) groups excluding carboxylic acids is 1. The number of benzene rings is 4. The number of aliphatic hydroxyl groups is 1. The number of hydrogen-bond acceptors (Lipinski definition) is 7. The molecule has 1 aliphatic rings. The Kier molecular flexibility index (Phi) is 9.39. The Morgan fingerprint density at radius 1 is 0.891 bits per heavy atom. The number of fused-ring (bicyclic) bond motifs is 1. The number of aliphatic hydroxyl groups excluding tert-OH is 1. The molecular formula is C33H25F5N2O4S2. The molecular weight excluding hydrogens is 647 g/mol. The fourth-order valence-corrected chi connectivity index (χ4v) is 7.39. The van der Waals surface area contributed by atoms with Crippen LogP contribution in [0.2, 0.25) is 0 Å². The molecule has 0 unspecified atom stereocenters. The molecule has 1 saturated heterocycles. The van der Waals surface area contributed by atoms with Gasteiger partial charge in [0, 0.05) is 22.9 Å². The summed E-state index contributed by atoms with van der Waals surface area (Å²) in [6.45, 7) is 1.89. The van der Waals surface area contributed by atoms with Gasteiger partial charge in [-0.3, -0.25) is 4.79 Å². The molecule has 13 heteroatoms. The molecule has 1 aromatic heterocycles. The highest BCUT2D eigenvalue weighted by Crippen LogP contribution is 2.44. The molecule has 5 aromatic rings. The Morgan fingerprint density at radius 3 is 2.28 bits per heavy atom. The van der Waals surface area contributed by atoms with Crippen LogP contribution >= 0.6 is 23.1 Å². The molecule has 2 heterocycles. The number of nitrogens with one attached hydrogen (secondary N) is 1. The van der Waals surface area contributed by atoms with Gasteiger partial charge in [-0.2, -0.15) is 0 Å². The zero-order valence-electron chi connectivity index (χ0n) is 24.0. The Labute approximate surface area is 268 Å².